The van der Waals surface area contributed by atoms with Crippen molar-refractivity contribution in [3.05, 3.63) is 86.0 Å². The number of halogens is 4. The van der Waals surface area contributed by atoms with Crippen LogP contribution in [-0.4, -0.2) is 38.1 Å². The number of benzene rings is 5. The van der Waals surface area contributed by atoms with Crippen molar-refractivity contribution in [1.29, 1.82) is 0 Å². The monoisotopic (exact) mass is 796 g/mol. The number of hydrogen-bond donors (Lipinski definition) is 0. The zero-order chi connectivity index (χ0) is 33.3. The van der Waals surface area contributed by atoms with Gasteiger partial charge in [-0.3, -0.25) is 0 Å². The van der Waals surface area contributed by atoms with Crippen LogP contribution >= 0.6 is 20.2 Å². The molecule has 0 saturated carbocycles. The summed E-state index contributed by atoms with van der Waals surface area (Å²) in [6, 6.07) is 26.1. The molecule has 5 aromatic carbocycles. The Morgan fingerprint density at radius 1 is 0.622 bits per heavy atom. The van der Waals surface area contributed by atoms with Gasteiger partial charge in [-0.25, -0.2) is 0 Å². The fraction of sp³-hybridized carbons (Fsp3) is 0.294. The van der Waals surface area contributed by atoms with Crippen molar-refractivity contribution >= 4 is 102 Å². The quantitative estimate of drug-likeness (QED) is 0.0715. The second-order valence-electron chi connectivity index (χ2n) is 14.7. The fourth-order valence-corrected chi connectivity index (χ4v) is 22.5. The van der Waals surface area contributed by atoms with Gasteiger partial charge >= 0.3 is 277 Å². The van der Waals surface area contributed by atoms with E-state index in [1.54, 1.807) is 30.3 Å². The second kappa shape index (κ2) is 11.6. The molecule has 0 radical (unpaired) electrons. The third kappa shape index (κ3) is 6.84. The first-order valence-electron chi connectivity index (χ1n) is 14.8. The molecule has 0 N–H and O–H groups in total. The van der Waals surface area contributed by atoms with E-state index in [1.807, 2.05) is 0 Å². The van der Waals surface area contributed by atoms with Crippen LogP contribution in [0.4, 0.5) is 13.2 Å². The first-order valence-corrected chi connectivity index (χ1v) is 29.8. The van der Waals surface area contributed by atoms with Crippen molar-refractivity contribution in [1.82, 2.24) is 0 Å². The van der Waals surface area contributed by atoms with Gasteiger partial charge in [-0.2, -0.15) is 0 Å². The predicted octanol–water partition coefficient (Wildman–Crippen LogP) is 9.11. The number of fused-ring (bicyclic) bond motifs is 3. The van der Waals surface area contributed by atoms with E-state index in [4.69, 9.17) is 2.51 Å². The van der Waals surface area contributed by atoms with E-state index in [2.05, 4.69) is 107 Å². The molecule has 45 heavy (non-hydrogen) atoms. The second-order valence-corrected chi connectivity index (χ2v) is 36.1. The van der Waals surface area contributed by atoms with Crippen molar-refractivity contribution in [2.45, 2.75) is 64.4 Å². The van der Waals surface area contributed by atoms with Crippen molar-refractivity contribution in [3.63, 3.8) is 0 Å². The van der Waals surface area contributed by atoms with E-state index in [0.29, 0.717) is 7.14 Å². The Kier molecular flexibility index (Phi) is 8.83. The molecule has 240 valence electrons. The molecule has 0 amide bonds. The Hall–Kier alpha value is -2.04. The van der Waals surface area contributed by atoms with E-state index in [1.165, 1.54) is 5.19 Å². The summed E-state index contributed by atoms with van der Waals surface area (Å²) in [6.07, 6.45) is 0. The topological polar surface area (TPSA) is 43.4 Å². The van der Waals surface area contributed by atoms with Crippen molar-refractivity contribution in [2.75, 3.05) is 0 Å². The van der Waals surface area contributed by atoms with E-state index in [-0.39, 0.29) is 0 Å². The Morgan fingerprint density at radius 3 is 1.73 bits per heavy atom. The summed E-state index contributed by atoms with van der Waals surface area (Å²) >= 11 is -3.73. The molecular weight excluding hydrogens is 757 g/mol. The average Bonchev–Trinajstić information content (AvgIpc) is 2.91. The van der Waals surface area contributed by atoms with E-state index >= 15 is 0 Å². The molecule has 0 saturated heterocycles. The minimum atomic E-state index is -5.86. The van der Waals surface area contributed by atoms with Crippen LogP contribution in [0, 0.1) is 7.14 Å². The molecule has 0 fully saturated rings. The van der Waals surface area contributed by atoms with Gasteiger partial charge in [-0.15, -0.1) is 0 Å². The molecular formula is C34H40F3IO3SSi3. The van der Waals surface area contributed by atoms with Gasteiger partial charge in [0.2, 0.25) is 0 Å². The molecule has 3 nitrogen and oxygen atoms in total. The molecule has 0 unspecified atom stereocenters. The van der Waals surface area contributed by atoms with Crippen LogP contribution in [0.15, 0.2) is 78.9 Å². The zero-order valence-electron chi connectivity index (χ0n) is 27.2. The summed E-state index contributed by atoms with van der Waals surface area (Å²) in [5.74, 6) is 0. The first-order chi connectivity index (χ1) is 20.6. The van der Waals surface area contributed by atoms with Crippen molar-refractivity contribution in [2.24, 2.45) is 0 Å². The van der Waals surface area contributed by atoms with E-state index < -0.39 is 60.1 Å². The third-order valence-electron chi connectivity index (χ3n) is 7.95. The number of alkyl halides is 3. The van der Waals surface area contributed by atoms with Crippen LogP contribution in [0.5, 0.6) is 0 Å². The molecule has 0 aromatic heterocycles. The summed E-state index contributed by atoms with van der Waals surface area (Å²) in [5.41, 5.74) is -5.53. The van der Waals surface area contributed by atoms with Gasteiger partial charge in [-0.05, 0) is 0 Å². The normalized spacial score (nSPS) is 14.0. The fourth-order valence-electron chi connectivity index (χ4n) is 5.65. The van der Waals surface area contributed by atoms with Gasteiger partial charge in [0.1, 0.15) is 0 Å². The number of rotatable bonds is 7. The molecule has 11 heteroatoms. The van der Waals surface area contributed by atoms with Crippen LogP contribution in [0.3, 0.4) is 0 Å². The first kappa shape index (κ1) is 34.3. The standard InChI is InChI=1S/C34H40F3IO3SSi3/c1-43(2,3)29-16-15-23-17-24-19-27-22-31(44(4,5)6)33(45(7,8)9)32(30(27)21-26(24)18-25(23)20-29)38(28-13-11-10-12-14-28)41-42(39,40)34(35,36)37/h10-22H,1-9H3. The third-order valence-corrected chi connectivity index (χ3v) is 22.1. The predicted molar refractivity (Wildman–Crippen MR) is 202 cm³/mol. The average molecular weight is 797 g/mol. The van der Waals surface area contributed by atoms with Gasteiger partial charge < -0.3 is 0 Å². The van der Waals surface area contributed by atoms with Gasteiger partial charge in [0.15, 0.2) is 0 Å². The summed E-state index contributed by atoms with van der Waals surface area (Å²) < 4.78 is 74.1. The minimum absolute atomic E-state index is 0.515. The van der Waals surface area contributed by atoms with Gasteiger partial charge in [-0.1, -0.05) is 0 Å². The molecule has 0 aliphatic heterocycles. The van der Waals surface area contributed by atoms with E-state index in [9.17, 15) is 21.6 Å². The summed E-state index contributed by atoms with van der Waals surface area (Å²) in [6.45, 7) is 20.2. The molecule has 5 aromatic rings. The van der Waals surface area contributed by atoms with Crippen LogP contribution < -0.4 is 15.6 Å². The molecule has 0 bridgehead atoms. The van der Waals surface area contributed by atoms with Crippen LogP contribution in [0.2, 0.25) is 58.9 Å². The SMILES string of the molecule is C[Si](C)(C)c1ccc2cc3cc4cc([Si](C)(C)C)c([Si](C)(C)C)c(I(OS(=O)(=O)C(F)(F)F)c5ccccc5)c4cc3cc2c1. The van der Waals surface area contributed by atoms with Crippen molar-refractivity contribution in [3.8, 4) is 0 Å². The molecule has 0 heterocycles. The summed E-state index contributed by atoms with van der Waals surface area (Å²) in [7, 11) is -11.8. The summed E-state index contributed by atoms with van der Waals surface area (Å²) in [4.78, 5) is 0. The van der Waals surface area contributed by atoms with Gasteiger partial charge in [0, 0.05) is 0 Å². The molecule has 5 rings (SSSR count). The van der Waals surface area contributed by atoms with Gasteiger partial charge in [0.25, 0.3) is 0 Å². The zero-order valence-corrected chi connectivity index (χ0v) is 33.1. The molecule has 0 aliphatic rings. The Bertz CT molecular complexity index is 2050. The Balaban J connectivity index is 1.96. The Labute approximate surface area is 275 Å². The Morgan fingerprint density at radius 2 is 1.18 bits per heavy atom. The number of hydrogen-bond acceptors (Lipinski definition) is 3. The van der Waals surface area contributed by atoms with Crippen LogP contribution in [0.1, 0.15) is 0 Å². The van der Waals surface area contributed by atoms with Crippen molar-refractivity contribution < 1.29 is 24.1 Å². The van der Waals surface area contributed by atoms with Gasteiger partial charge in [0.05, 0.1) is 0 Å². The summed E-state index contributed by atoms with van der Waals surface area (Å²) in [5, 5.41) is 9.49. The van der Waals surface area contributed by atoms with E-state index in [0.717, 1.165) is 42.7 Å². The molecule has 0 aliphatic carbocycles. The molecule has 0 atom stereocenters. The maximum absolute atomic E-state index is 13.9. The molecule has 0 spiro atoms. The maximum atomic E-state index is 13.9. The van der Waals surface area contributed by atoms with Crippen LogP contribution in [-0.2, 0) is 12.6 Å². The van der Waals surface area contributed by atoms with Crippen LogP contribution in [0.25, 0.3) is 32.3 Å².